The third-order valence-corrected chi connectivity index (χ3v) is 18.6. The van der Waals surface area contributed by atoms with E-state index in [0.29, 0.717) is 0 Å². The van der Waals surface area contributed by atoms with E-state index in [2.05, 4.69) is 350 Å². The molecule has 2 nitrogen and oxygen atoms in total. The third kappa shape index (κ3) is 10.1. The van der Waals surface area contributed by atoms with Crippen LogP contribution in [0, 0.1) is 0 Å². The summed E-state index contributed by atoms with van der Waals surface area (Å²) in [6.07, 6.45) is 0.947. The van der Waals surface area contributed by atoms with Crippen LogP contribution in [0.4, 0.5) is 34.1 Å². The maximum atomic E-state index is 2.43. The predicted molar refractivity (Wildman–Crippen MR) is 375 cm³/mol. The van der Waals surface area contributed by atoms with Crippen LogP contribution in [0.2, 0.25) is 0 Å². The van der Waals surface area contributed by atoms with Crippen molar-refractivity contribution in [2.75, 3.05) is 9.80 Å². The van der Waals surface area contributed by atoms with E-state index in [1.54, 1.807) is 0 Å². The number of hydrogen-bond acceptors (Lipinski definition) is 3. The minimum absolute atomic E-state index is 0.947. The van der Waals surface area contributed by atoms with Gasteiger partial charge in [0.2, 0.25) is 0 Å². The minimum Gasteiger partial charge on any atom is -0.310 e. The summed E-state index contributed by atoms with van der Waals surface area (Å²) in [6, 6.07) is 125. The van der Waals surface area contributed by atoms with E-state index in [4.69, 9.17) is 0 Å². The Kier molecular flexibility index (Phi) is 13.5. The number of rotatable bonds is 13. The highest BCUT2D eigenvalue weighted by molar-refractivity contribution is 7.25. The van der Waals surface area contributed by atoms with Gasteiger partial charge >= 0.3 is 0 Å². The zero-order valence-corrected chi connectivity index (χ0v) is 49.2. The molecule has 0 aliphatic heterocycles. The van der Waals surface area contributed by atoms with Gasteiger partial charge in [0.1, 0.15) is 0 Å². The first-order valence-corrected chi connectivity index (χ1v) is 31.0. The van der Waals surface area contributed by atoms with Crippen molar-refractivity contribution in [3.05, 3.63) is 351 Å². The lowest BCUT2D eigenvalue weighted by atomic mass is 9.91. The number of fused-ring (bicyclic) bond motifs is 6. The van der Waals surface area contributed by atoms with Crippen LogP contribution >= 0.6 is 11.3 Å². The molecule has 88 heavy (non-hydrogen) atoms. The molecule has 1 heterocycles. The molecule has 14 aromatic carbocycles. The van der Waals surface area contributed by atoms with Gasteiger partial charge in [-0.25, -0.2) is 0 Å². The molecule has 0 amide bonds. The summed E-state index contributed by atoms with van der Waals surface area (Å²) in [7, 11) is 0. The molecule has 0 spiro atoms. The van der Waals surface area contributed by atoms with Crippen LogP contribution in [0.15, 0.2) is 340 Å². The number of nitrogens with zero attached hydrogens (tertiary/aromatic N) is 2. The van der Waals surface area contributed by atoms with Gasteiger partial charge in [-0.2, -0.15) is 0 Å². The van der Waals surface area contributed by atoms with Gasteiger partial charge in [-0.1, -0.05) is 231 Å². The van der Waals surface area contributed by atoms with Gasteiger partial charge in [0.15, 0.2) is 0 Å². The summed E-state index contributed by atoms with van der Waals surface area (Å²) in [5.41, 5.74) is 27.9. The van der Waals surface area contributed by atoms with Crippen molar-refractivity contribution in [3.8, 4) is 89.0 Å². The van der Waals surface area contributed by atoms with Gasteiger partial charge in [-0.15, -0.1) is 11.3 Å². The second-order valence-corrected chi connectivity index (χ2v) is 24.0. The summed E-state index contributed by atoms with van der Waals surface area (Å²) in [5, 5.41) is 2.57. The number of thiophene rings is 1. The monoisotopic (exact) mass is 1140 g/mol. The summed E-state index contributed by atoms with van der Waals surface area (Å²) in [4.78, 5) is 4.87. The van der Waals surface area contributed by atoms with Crippen LogP contribution in [-0.4, -0.2) is 0 Å². The molecule has 0 radical (unpaired) electrons. The van der Waals surface area contributed by atoms with Crippen molar-refractivity contribution < 1.29 is 0 Å². The second kappa shape index (κ2) is 22.7. The quantitative estimate of drug-likeness (QED) is 0.114. The Hall–Kier alpha value is -11.1. The molecule has 1 aromatic heterocycles. The Labute approximate surface area is 518 Å². The largest absolute Gasteiger partial charge is 0.310 e. The molecule has 414 valence electrons. The van der Waals surface area contributed by atoms with Crippen LogP contribution in [0.1, 0.15) is 11.1 Å². The fraction of sp³-hybridized carbons (Fsp3) is 0.0118. The molecule has 0 fully saturated rings. The van der Waals surface area contributed by atoms with E-state index in [1.165, 1.54) is 75.8 Å². The maximum absolute atomic E-state index is 2.43. The van der Waals surface area contributed by atoms with Crippen molar-refractivity contribution in [3.63, 3.8) is 0 Å². The molecular weight excluding hydrogens is 1080 g/mol. The SMILES string of the molecule is c1ccc(-c2ccc(N(c3ccc(-c4ccccc4)cc3)c3cc(-c4cc(-c5ccc6c(c5)-c5ccccc5C6)cc(-c5ccc6sc7ccccc7c6c5)c4)cc(N(c4ccc(-c5ccccc5)cc4)c4ccc(-c5ccccc5)cc4)c3)cc2)cc1. The van der Waals surface area contributed by atoms with Crippen LogP contribution in [-0.2, 0) is 6.42 Å². The van der Waals surface area contributed by atoms with E-state index in [9.17, 15) is 0 Å². The second-order valence-electron chi connectivity index (χ2n) is 22.9. The molecule has 15 aromatic rings. The molecule has 1 aliphatic rings. The molecule has 0 saturated heterocycles. The van der Waals surface area contributed by atoms with Crippen molar-refractivity contribution in [2.24, 2.45) is 0 Å². The van der Waals surface area contributed by atoms with Gasteiger partial charge in [-0.05, 0) is 216 Å². The summed E-state index contributed by atoms with van der Waals surface area (Å²) < 4.78 is 2.59. The summed E-state index contributed by atoms with van der Waals surface area (Å²) in [6.45, 7) is 0. The van der Waals surface area contributed by atoms with E-state index in [0.717, 1.165) is 85.1 Å². The Morgan fingerprint density at radius 3 is 1.01 bits per heavy atom. The molecule has 16 rings (SSSR count). The Bertz CT molecular complexity index is 4640. The van der Waals surface area contributed by atoms with Crippen LogP contribution in [0.3, 0.4) is 0 Å². The Morgan fingerprint density at radius 1 is 0.193 bits per heavy atom. The van der Waals surface area contributed by atoms with Crippen molar-refractivity contribution in [2.45, 2.75) is 6.42 Å². The van der Waals surface area contributed by atoms with Crippen molar-refractivity contribution >= 4 is 65.6 Å². The molecule has 0 N–H and O–H groups in total. The predicted octanol–water partition coefficient (Wildman–Crippen LogP) is 24.2. The molecular formula is C85H58N2S. The maximum Gasteiger partial charge on any atom is 0.0488 e. The average molecular weight is 1140 g/mol. The van der Waals surface area contributed by atoms with Crippen molar-refractivity contribution in [1.82, 2.24) is 0 Å². The summed E-state index contributed by atoms with van der Waals surface area (Å²) >= 11 is 1.86. The number of benzene rings is 14. The zero-order chi connectivity index (χ0) is 58.3. The normalized spacial score (nSPS) is 11.6. The number of anilines is 6. The third-order valence-electron chi connectivity index (χ3n) is 17.5. The molecule has 0 atom stereocenters. The topological polar surface area (TPSA) is 6.48 Å². The summed E-state index contributed by atoms with van der Waals surface area (Å²) in [5.74, 6) is 0. The standard InChI is InChI=1S/C85H58N2S/c1-5-17-58(18-6-1)62-31-40-74(41-32-62)86(75-42-33-63(34-43-75)59-19-7-2-8-20-59)78-53-73(54-79(57-78)87(76-44-35-64(36-45-76)60-21-9-3-10-22-60)77-46-37-65(38-47-77)61-23-11-4-12-24-61)72-51-70(66-29-30-69-49-68-25-13-14-26-80(68)82(69)55-66)50-71(52-72)67-39-48-85-83(56-67)81-27-15-16-28-84(81)88-85/h1-48,50-57H,49H2. The highest BCUT2D eigenvalue weighted by atomic mass is 32.1. The van der Waals surface area contributed by atoms with Crippen LogP contribution in [0.5, 0.6) is 0 Å². The van der Waals surface area contributed by atoms with Gasteiger partial charge in [0.25, 0.3) is 0 Å². The van der Waals surface area contributed by atoms with E-state index < -0.39 is 0 Å². The van der Waals surface area contributed by atoms with Gasteiger partial charge < -0.3 is 9.80 Å². The number of hydrogen-bond donors (Lipinski definition) is 0. The highest BCUT2D eigenvalue weighted by Gasteiger charge is 2.23. The smallest absolute Gasteiger partial charge is 0.0488 e. The van der Waals surface area contributed by atoms with Gasteiger partial charge in [0, 0.05) is 54.3 Å². The molecule has 0 bridgehead atoms. The Balaban J connectivity index is 0.941. The molecule has 0 unspecified atom stereocenters. The van der Waals surface area contributed by atoms with Crippen molar-refractivity contribution in [1.29, 1.82) is 0 Å². The van der Waals surface area contributed by atoms with E-state index >= 15 is 0 Å². The first-order valence-electron chi connectivity index (χ1n) is 30.2. The van der Waals surface area contributed by atoms with E-state index in [1.807, 2.05) is 11.3 Å². The van der Waals surface area contributed by atoms with E-state index in [-0.39, 0.29) is 0 Å². The lowest BCUT2D eigenvalue weighted by Crippen LogP contribution is -2.14. The molecule has 1 aliphatic carbocycles. The molecule has 0 saturated carbocycles. The zero-order valence-electron chi connectivity index (χ0n) is 48.3. The lowest BCUT2D eigenvalue weighted by molar-refractivity contribution is 1.25. The van der Waals surface area contributed by atoms with Crippen LogP contribution in [0.25, 0.3) is 109 Å². The fourth-order valence-corrected chi connectivity index (χ4v) is 14.1. The molecule has 3 heteroatoms. The van der Waals surface area contributed by atoms with Gasteiger partial charge in [-0.3, -0.25) is 0 Å². The van der Waals surface area contributed by atoms with Gasteiger partial charge in [0.05, 0.1) is 0 Å². The Morgan fingerprint density at radius 2 is 0.534 bits per heavy atom. The highest BCUT2D eigenvalue weighted by Crippen LogP contribution is 2.47. The fourth-order valence-electron chi connectivity index (χ4n) is 13.0. The van der Waals surface area contributed by atoms with Crippen LogP contribution < -0.4 is 9.80 Å². The first kappa shape index (κ1) is 52.5. The lowest BCUT2D eigenvalue weighted by Gasteiger charge is -2.31. The average Bonchev–Trinajstić information content (AvgIpc) is 1.66. The minimum atomic E-state index is 0.947. The first-order chi connectivity index (χ1) is 43.6.